The van der Waals surface area contributed by atoms with Crippen LogP contribution in [0.4, 0.5) is 0 Å². The van der Waals surface area contributed by atoms with Gasteiger partial charge in [0, 0.05) is 0 Å². The average molecular weight is 246 g/mol. The first-order valence-electron chi connectivity index (χ1n) is 7.24. The van der Waals surface area contributed by atoms with Crippen molar-refractivity contribution in [2.75, 3.05) is 0 Å². The minimum atomic E-state index is 0.435. The quantitative estimate of drug-likeness (QED) is 0.644. The van der Waals surface area contributed by atoms with Crippen LogP contribution < -0.4 is 0 Å². The van der Waals surface area contributed by atoms with Crippen LogP contribution in [0, 0.1) is 10.8 Å². The summed E-state index contributed by atoms with van der Waals surface area (Å²) in [7, 11) is 0. The molecule has 1 aromatic rings. The van der Waals surface area contributed by atoms with Crippen molar-refractivity contribution in [1.29, 1.82) is 0 Å². The van der Waals surface area contributed by atoms with Crippen molar-refractivity contribution in [3.05, 3.63) is 35.4 Å². The predicted octanol–water partition coefficient (Wildman–Crippen LogP) is 5.64. The van der Waals surface area contributed by atoms with Crippen LogP contribution in [0.15, 0.2) is 24.3 Å². The molecule has 1 aromatic carbocycles. The minimum absolute atomic E-state index is 0.435. The van der Waals surface area contributed by atoms with Gasteiger partial charge < -0.3 is 0 Å². The Balaban J connectivity index is 2.48. The summed E-state index contributed by atoms with van der Waals surface area (Å²) in [4.78, 5) is 0. The fourth-order valence-corrected chi connectivity index (χ4v) is 1.91. The van der Waals surface area contributed by atoms with Gasteiger partial charge in [-0.25, -0.2) is 0 Å². The lowest BCUT2D eigenvalue weighted by Gasteiger charge is -2.19. The van der Waals surface area contributed by atoms with Gasteiger partial charge in [-0.3, -0.25) is 0 Å². The Hall–Kier alpha value is -0.780. The molecule has 1 rings (SSSR count). The number of rotatable bonds is 4. The molecule has 0 unspecified atom stereocenters. The van der Waals surface area contributed by atoms with Crippen molar-refractivity contribution in [3.8, 4) is 0 Å². The SMILES string of the molecule is CC(C)(C)CCc1ccc(CCC(C)(C)C)cc1. The summed E-state index contributed by atoms with van der Waals surface area (Å²) in [5, 5.41) is 0. The molecule has 0 saturated carbocycles. The van der Waals surface area contributed by atoms with E-state index in [9.17, 15) is 0 Å². The summed E-state index contributed by atoms with van der Waals surface area (Å²) >= 11 is 0. The van der Waals surface area contributed by atoms with Gasteiger partial charge in [-0.05, 0) is 47.6 Å². The number of aryl methyl sites for hydroxylation is 2. The Morgan fingerprint density at radius 3 is 1.11 bits per heavy atom. The molecule has 0 aliphatic rings. The molecule has 0 aromatic heterocycles. The highest BCUT2D eigenvalue weighted by Gasteiger charge is 2.11. The summed E-state index contributed by atoms with van der Waals surface area (Å²) in [6.07, 6.45) is 4.91. The topological polar surface area (TPSA) is 0 Å². The van der Waals surface area contributed by atoms with Crippen LogP contribution >= 0.6 is 0 Å². The summed E-state index contributed by atoms with van der Waals surface area (Å²) < 4.78 is 0. The minimum Gasteiger partial charge on any atom is -0.0602 e. The summed E-state index contributed by atoms with van der Waals surface area (Å²) in [5.41, 5.74) is 3.82. The Labute approximate surface area is 114 Å². The Morgan fingerprint density at radius 1 is 0.611 bits per heavy atom. The van der Waals surface area contributed by atoms with Gasteiger partial charge in [0.1, 0.15) is 0 Å². The molecule has 102 valence electrons. The lowest BCUT2D eigenvalue weighted by molar-refractivity contribution is 0.377. The maximum atomic E-state index is 2.31. The van der Waals surface area contributed by atoms with E-state index in [0.29, 0.717) is 10.8 Å². The van der Waals surface area contributed by atoms with E-state index in [4.69, 9.17) is 0 Å². The Kier molecular flexibility index (Phi) is 5.01. The maximum Gasteiger partial charge on any atom is -0.0274 e. The second-order valence-electron chi connectivity index (χ2n) is 7.94. The van der Waals surface area contributed by atoms with Crippen molar-refractivity contribution in [3.63, 3.8) is 0 Å². The van der Waals surface area contributed by atoms with Gasteiger partial charge in [-0.2, -0.15) is 0 Å². The lowest BCUT2D eigenvalue weighted by atomic mass is 9.87. The Morgan fingerprint density at radius 2 is 0.889 bits per heavy atom. The maximum absolute atomic E-state index is 2.31. The van der Waals surface area contributed by atoms with Crippen LogP contribution in [0.3, 0.4) is 0 Å². The molecule has 0 N–H and O–H groups in total. The van der Waals surface area contributed by atoms with Gasteiger partial charge in [0.15, 0.2) is 0 Å². The third-order valence-corrected chi connectivity index (χ3v) is 3.35. The normalized spacial score (nSPS) is 12.8. The number of hydrogen-bond acceptors (Lipinski definition) is 0. The van der Waals surface area contributed by atoms with Gasteiger partial charge in [0.2, 0.25) is 0 Å². The largest absolute Gasteiger partial charge is 0.0602 e. The van der Waals surface area contributed by atoms with E-state index in [2.05, 4.69) is 65.8 Å². The first-order valence-corrected chi connectivity index (χ1v) is 7.24. The van der Waals surface area contributed by atoms with Crippen molar-refractivity contribution in [2.45, 2.75) is 67.2 Å². The zero-order valence-corrected chi connectivity index (χ0v) is 13.1. The first-order chi connectivity index (χ1) is 8.16. The molecule has 0 aliphatic heterocycles. The van der Waals surface area contributed by atoms with Crippen LogP contribution in [0.5, 0.6) is 0 Å². The second-order valence-corrected chi connectivity index (χ2v) is 7.94. The van der Waals surface area contributed by atoms with Crippen LogP contribution in [0.2, 0.25) is 0 Å². The molecule has 0 saturated heterocycles. The van der Waals surface area contributed by atoms with Crippen molar-refractivity contribution in [2.24, 2.45) is 10.8 Å². The molecule has 0 fully saturated rings. The summed E-state index contributed by atoms with van der Waals surface area (Å²) in [6, 6.07) is 9.24. The molecule has 0 amide bonds. The highest BCUT2D eigenvalue weighted by Crippen LogP contribution is 2.23. The molecule has 0 radical (unpaired) electrons. The van der Waals surface area contributed by atoms with E-state index < -0.39 is 0 Å². The van der Waals surface area contributed by atoms with E-state index in [1.165, 1.54) is 36.8 Å². The van der Waals surface area contributed by atoms with Gasteiger partial charge >= 0.3 is 0 Å². The molecule has 18 heavy (non-hydrogen) atoms. The molecule has 0 heteroatoms. The van der Waals surface area contributed by atoms with Crippen LogP contribution in [-0.4, -0.2) is 0 Å². The zero-order chi connectivity index (χ0) is 13.8. The molecule has 0 bridgehead atoms. The Bertz CT molecular complexity index is 306. The van der Waals surface area contributed by atoms with Crippen LogP contribution in [-0.2, 0) is 12.8 Å². The monoisotopic (exact) mass is 246 g/mol. The molecule has 0 heterocycles. The van der Waals surface area contributed by atoms with Crippen molar-refractivity contribution < 1.29 is 0 Å². The molecule has 0 nitrogen and oxygen atoms in total. The lowest BCUT2D eigenvalue weighted by Crippen LogP contribution is -2.07. The van der Waals surface area contributed by atoms with E-state index in [0.717, 1.165) is 0 Å². The standard InChI is InChI=1S/C18H30/c1-17(2,3)13-11-15-7-9-16(10-8-15)12-14-18(4,5)6/h7-10H,11-14H2,1-6H3. The van der Waals surface area contributed by atoms with E-state index in [1.54, 1.807) is 0 Å². The fraction of sp³-hybridized carbons (Fsp3) is 0.667. The second kappa shape index (κ2) is 5.91. The van der Waals surface area contributed by atoms with Gasteiger partial charge in [0.05, 0.1) is 0 Å². The summed E-state index contributed by atoms with van der Waals surface area (Å²) in [6.45, 7) is 13.9. The van der Waals surface area contributed by atoms with E-state index in [1.807, 2.05) is 0 Å². The predicted molar refractivity (Wildman–Crippen MR) is 82.0 cm³/mol. The molecular weight excluding hydrogens is 216 g/mol. The molecule has 0 atom stereocenters. The van der Waals surface area contributed by atoms with Gasteiger partial charge in [-0.15, -0.1) is 0 Å². The third-order valence-electron chi connectivity index (χ3n) is 3.35. The number of benzene rings is 1. The average Bonchev–Trinajstić information content (AvgIpc) is 2.23. The van der Waals surface area contributed by atoms with Crippen LogP contribution in [0.25, 0.3) is 0 Å². The zero-order valence-electron chi connectivity index (χ0n) is 13.1. The van der Waals surface area contributed by atoms with Gasteiger partial charge in [0.25, 0.3) is 0 Å². The molecule has 0 aliphatic carbocycles. The van der Waals surface area contributed by atoms with E-state index in [-0.39, 0.29) is 0 Å². The molecule has 0 spiro atoms. The smallest absolute Gasteiger partial charge is 0.0274 e. The first kappa shape index (κ1) is 15.3. The highest BCUT2D eigenvalue weighted by atomic mass is 14.2. The van der Waals surface area contributed by atoms with Crippen LogP contribution in [0.1, 0.15) is 65.5 Å². The van der Waals surface area contributed by atoms with Crippen molar-refractivity contribution in [1.82, 2.24) is 0 Å². The number of hydrogen-bond donors (Lipinski definition) is 0. The summed E-state index contributed by atoms with van der Waals surface area (Å²) in [5.74, 6) is 0. The molecular formula is C18H30. The highest BCUT2D eigenvalue weighted by molar-refractivity contribution is 5.23. The van der Waals surface area contributed by atoms with Crippen molar-refractivity contribution >= 4 is 0 Å². The fourth-order valence-electron chi connectivity index (χ4n) is 1.91. The van der Waals surface area contributed by atoms with E-state index >= 15 is 0 Å². The van der Waals surface area contributed by atoms with Gasteiger partial charge in [-0.1, -0.05) is 65.8 Å². The third kappa shape index (κ3) is 6.83.